The van der Waals surface area contributed by atoms with Crippen LogP contribution in [0.25, 0.3) is 0 Å². The predicted molar refractivity (Wildman–Crippen MR) is 70.1 cm³/mol. The van der Waals surface area contributed by atoms with E-state index in [-0.39, 0.29) is 25.2 Å². The highest BCUT2D eigenvalue weighted by atomic mass is 16.4. The van der Waals surface area contributed by atoms with Gasteiger partial charge in [-0.1, -0.05) is 12.8 Å². The predicted octanol–water partition coefficient (Wildman–Crippen LogP) is 1.52. The number of hydrogen-bond donors (Lipinski definition) is 2. The van der Waals surface area contributed by atoms with E-state index < -0.39 is 5.97 Å². The molecule has 20 heavy (non-hydrogen) atoms. The number of carboxylic acids is 1. The SMILES string of the molecule is Cc1cnc(CNC(=O)N(CC(=O)O)C2CCCC2)o1. The Balaban J connectivity index is 1.93. The number of oxazole rings is 1. The van der Waals surface area contributed by atoms with E-state index in [4.69, 9.17) is 9.52 Å². The van der Waals surface area contributed by atoms with Gasteiger partial charge in [0.2, 0.25) is 5.89 Å². The van der Waals surface area contributed by atoms with Crippen LogP contribution in [0.3, 0.4) is 0 Å². The van der Waals surface area contributed by atoms with Crippen molar-refractivity contribution in [2.45, 2.75) is 45.2 Å². The number of carbonyl (C=O) groups is 2. The first-order valence-electron chi connectivity index (χ1n) is 6.74. The van der Waals surface area contributed by atoms with Gasteiger partial charge < -0.3 is 19.7 Å². The van der Waals surface area contributed by atoms with Gasteiger partial charge in [-0.05, 0) is 19.8 Å². The Morgan fingerprint density at radius 2 is 2.20 bits per heavy atom. The lowest BCUT2D eigenvalue weighted by Gasteiger charge is -2.27. The summed E-state index contributed by atoms with van der Waals surface area (Å²) in [4.78, 5) is 28.4. The van der Waals surface area contributed by atoms with Crippen molar-refractivity contribution < 1.29 is 19.1 Å². The number of carboxylic acid groups (broad SMARTS) is 1. The largest absolute Gasteiger partial charge is 0.480 e. The molecule has 2 N–H and O–H groups in total. The topological polar surface area (TPSA) is 95.7 Å². The van der Waals surface area contributed by atoms with Crippen molar-refractivity contribution in [1.29, 1.82) is 0 Å². The van der Waals surface area contributed by atoms with Gasteiger partial charge in [0, 0.05) is 6.04 Å². The Kier molecular flexibility index (Phi) is 4.60. The minimum atomic E-state index is -1.00. The average Bonchev–Trinajstić information content (AvgIpc) is 3.04. The van der Waals surface area contributed by atoms with Crippen LogP contribution in [-0.4, -0.2) is 39.6 Å². The molecule has 1 saturated carbocycles. The Hall–Kier alpha value is -2.05. The number of nitrogens with one attached hydrogen (secondary N) is 1. The van der Waals surface area contributed by atoms with Crippen LogP contribution in [-0.2, 0) is 11.3 Å². The average molecular weight is 281 g/mol. The van der Waals surface area contributed by atoms with Crippen LogP contribution in [0.1, 0.15) is 37.3 Å². The molecule has 0 aliphatic heterocycles. The van der Waals surface area contributed by atoms with Crippen LogP contribution in [0, 0.1) is 6.92 Å². The molecule has 0 bridgehead atoms. The van der Waals surface area contributed by atoms with Crippen LogP contribution < -0.4 is 5.32 Å². The zero-order valence-electron chi connectivity index (χ0n) is 11.5. The number of urea groups is 1. The molecule has 2 rings (SSSR count). The monoisotopic (exact) mass is 281 g/mol. The summed E-state index contributed by atoms with van der Waals surface area (Å²) in [5.41, 5.74) is 0. The maximum absolute atomic E-state index is 12.1. The number of aromatic nitrogens is 1. The third-order valence-corrected chi connectivity index (χ3v) is 3.39. The summed E-state index contributed by atoms with van der Waals surface area (Å²) in [6, 6.07) is -0.368. The molecule has 1 aliphatic carbocycles. The van der Waals surface area contributed by atoms with Gasteiger partial charge in [-0.2, -0.15) is 0 Å². The van der Waals surface area contributed by atoms with Crippen molar-refractivity contribution in [3.63, 3.8) is 0 Å². The molecule has 0 saturated heterocycles. The van der Waals surface area contributed by atoms with Crippen LogP contribution >= 0.6 is 0 Å². The number of hydrogen-bond acceptors (Lipinski definition) is 4. The van der Waals surface area contributed by atoms with Gasteiger partial charge in [-0.25, -0.2) is 9.78 Å². The van der Waals surface area contributed by atoms with Crippen molar-refractivity contribution in [2.75, 3.05) is 6.54 Å². The highest BCUT2D eigenvalue weighted by molar-refractivity contribution is 5.80. The fourth-order valence-electron chi connectivity index (χ4n) is 2.46. The van der Waals surface area contributed by atoms with Crippen molar-refractivity contribution >= 4 is 12.0 Å². The lowest BCUT2D eigenvalue weighted by Crippen LogP contribution is -2.47. The van der Waals surface area contributed by atoms with Crippen LogP contribution in [0.15, 0.2) is 10.6 Å². The number of aryl methyl sites for hydroxylation is 1. The Bertz CT molecular complexity index is 480. The van der Waals surface area contributed by atoms with Gasteiger partial charge in [-0.3, -0.25) is 4.79 Å². The molecule has 7 heteroatoms. The highest BCUT2D eigenvalue weighted by Crippen LogP contribution is 2.23. The Morgan fingerprint density at radius 1 is 1.50 bits per heavy atom. The molecule has 110 valence electrons. The second-order valence-corrected chi connectivity index (χ2v) is 4.98. The molecule has 0 atom stereocenters. The summed E-state index contributed by atoms with van der Waals surface area (Å²) >= 11 is 0. The zero-order chi connectivity index (χ0) is 14.5. The molecule has 0 unspecified atom stereocenters. The maximum atomic E-state index is 12.1. The summed E-state index contributed by atoms with van der Waals surface area (Å²) in [6.07, 6.45) is 5.37. The minimum Gasteiger partial charge on any atom is -0.480 e. The van der Waals surface area contributed by atoms with Gasteiger partial charge in [-0.15, -0.1) is 0 Å². The number of carbonyl (C=O) groups excluding carboxylic acids is 1. The summed E-state index contributed by atoms with van der Waals surface area (Å²) < 4.78 is 5.26. The number of aliphatic carboxylic acids is 1. The fraction of sp³-hybridized carbons (Fsp3) is 0.615. The summed E-state index contributed by atoms with van der Waals surface area (Å²) in [5.74, 6) is 0.0870. The quantitative estimate of drug-likeness (QED) is 0.853. The third kappa shape index (κ3) is 3.72. The summed E-state index contributed by atoms with van der Waals surface area (Å²) in [5, 5.41) is 11.6. The molecule has 0 spiro atoms. The molecule has 1 aromatic rings. The van der Waals surface area contributed by atoms with Crippen molar-refractivity contribution in [3.05, 3.63) is 17.8 Å². The maximum Gasteiger partial charge on any atom is 0.323 e. The van der Waals surface area contributed by atoms with E-state index in [9.17, 15) is 9.59 Å². The first kappa shape index (κ1) is 14.4. The molecule has 0 radical (unpaired) electrons. The van der Waals surface area contributed by atoms with Crippen molar-refractivity contribution in [3.8, 4) is 0 Å². The first-order chi connectivity index (χ1) is 9.56. The molecule has 1 heterocycles. The van der Waals surface area contributed by atoms with Gasteiger partial charge in [0.25, 0.3) is 0 Å². The molecule has 1 aromatic heterocycles. The second kappa shape index (κ2) is 6.40. The van der Waals surface area contributed by atoms with E-state index in [0.29, 0.717) is 11.7 Å². The number of amides is 2. The van der Waals surface area contributed by atoms with E-state index >= 15 is 0 Å². The van der Waals surface area contributed by atoms with Gasteiger partial charge in [0.1, 0.15) is 12.3 Å². The summed E-state index contributed by atoms with van der Waals surface area (Å²) in [6.45, 7) is 1.66. The van der Waals surface area contributed by atoms with Crippen molar-refractivity contribution in [2.24, 2.45) is 0 Å². The van der Waals surface area contributed by atoms with E-state index in [0.717, 1.165) is 25.7 Å². The summed E-state index contributed by atoms with van der Waals surface area (Å²) in [7, 11) is 0. The van der Waals surface area contributed by atoms with E-state index in [1.165, 1.54) is 4.90 Å². The molecule has 1 fully saturated rings. The molecule has 7 nitrogen and oxygen atoms in total. The van der Waals surface area contributed by atoms with Crippen LogP contribution in [0.4, 0.5) is 4.79 Å². The number of rotatable bonds is 5. The van der Waals surface area contributed by atoms with Crippen LogP contribution in [0.2, 0.25) is 0 Å². The standard InChI is InChI=1S/C13H19N3O4/c1-9-6-14-11(20-9)7-15-13(19)16(8-12(17)18)10-4-2-3-5-10/h6,10H,2-5,7-8H2,1H3,(H,15,19)(H,17,18). The normalized spacial score (nSPS) is 15.2. The Morgan fingerprint density at radius 3 is 2.75 bits per heavy atom. The van der Waals surface area contributed by atoms with Crippen molar-refractivity contribution in [1.82, 2.24) is 15.2 Å². The first-order valence-corrected chi connectivity index (χ1v) is 6.74. The van der Waals surface area contributed by atoms with Gasteiger partial charge in [0.05, 0.1) is 12.7 Å². The fourth-order valence-corrected chi connectivity index (χ4v) is 2.46. The van der Waals surface area contributed by atoms with E-state index in [2.05, 4.69) is 10.3 Å². The molecule has 0 aromatic carbocycles. The lowest BCUT2D eigenvalue weighted by molar-refractivity contribution is -0.138. The Labute approximate surface area is 117 Å². The van der Waals surface area contributed by atoms with Crippen LogP contribution in [0.5, 0.6) is 0 Å². The zero-order valence-corrected chi connectivity index (χ0v) is 11.5. The van der Waals surface area contributed by atoms with E-state index in [1.807, 2.05) is 0 Å². The molecule has 2 amide bonds. The molecule has 1 aliphatic rings. The minimum absolute atomic E-state index is 0.0115. The van der Waals surface area contributed by atoms with Gasteiger partial charge in [0.15, 0.2) is 0 Å². The highest BCUT2D eigenvalue weighted by Gasteiger charge is 2.28. The molecular formula is C13H19N3O4. The number of nitrogens with zero attached hydrogens (tertiary/aromatic N) is 2. The molecular weight excluding hydrogens is 262 g/mol. The van der Waals surface area contributed by atoms with E-state index in [1.54, 1.807) is 13.1 Å². The second-order valence-electron chi connectivity index (χ2n) is 4.98. The van der Waals surface area contributed by atoms with Gasteiger partial charge >= 0.3 is 12.0 Å². The smallest absolute Gasteiger partial charge is 0.323 e. The third-order valence-electron chi connectivity index (χ3n) is 3.39. The lowest BCUT2D eigenvalue weighted by atomic mass is 10.2.